The fourth-order valence-electron chi connectivity index (χ4n) is 12.5. The smallest absolute Gasteiger partial charge is 0.504 e. The number of aryl methyl sites for hydroxylation is 2. The molecule has 13 rings (SSSR count). The minimum atomic E-state index is -0.617. The SMILES string of the molecule is CCCC.Cc1cc(C(C)(C)C)c[c-]c1N1c2[c-]c(C(C)(C)C)ccc2B2c3cc4c5c(O)c(O)c(O)c6c5n(c4cc3N(c3ccc4c(c3)C(C)(C)c3ccccc3-4)c3cc(C(C)(C)C)cc1c32)-c1c(C)cccc1O6.[Os+2]. The Morgan fingerprint density at radius 1 is 0.615 bits per heavy atom. The van der Waals surface area contributed by atoms with Crippen molar-refractivity contribution in [2.45, 2.75) is 138 Å². The molecule has 7 nitrogen and oxygen atoms in total. The molecule has 9 aromatic rings. The Bertz CT molecular complexity index is 4000. The van der Waals surface area contributed by atoms with Crippen molar-refractivity contribution in [3.05, 3.63) is 160 Å². The molecule has 396 valence electrons. The molecular weight excluding hydrogens is 1140 g/mol. The zero-order valence-electron chi connectivity index (χ0n) is 47.8. The molecule has 0 radical (unpaired) electrons. The molecule has 0 saturated heterocycles. The number of fused-ring (bicyclic) bond motifs is 12. The largest absolute Gasteiger partial charge is 2.00 e. The van der Waals surface area contributed by atoms with Gasteiger partial charge in [-0.15, -0.1) is 11.0 Å². The summed E-state index contributed by atoms with van der Waals surface area (Å²) in [7, 11) is 0. The van der Waals surface area contributed by atoms with Crippen LogP contribution in [0, 0.1) is 26.0 Å². The molecular formula is C69H70BN3O4Os. The van der Waals surface area contributed by atoms with E-state index in [9.17, 15) is 15.3 Å². The van der Waals surface area contributed by atoms with E-state index in [0.717, 1.165) is 83.8 Å². The van der Waals surface area contributed by atoms with Gasteiger partial charge in [0.25, 0.3) is 0 Å². The predicted octanol–water partition coefficient (Wildman–Crippen LogP) is 16.3. The molecule has 1 aromatic heterocycles. The van der Waals surface area contributed by atoms with Crippen LogP contribution >= 0.6 is 0 Å². The van der Waals surface area contributed by atoms with Crippen LogP contribution in [0.5, 0.6) is 28.7 Å². The Labute approximate surface area is 474 Å². The monoisotopic (exact) mass is 1210 g/mol. The van der Waals surface area contributed by atoms with Crippen molar-refractivity contribution in [1.82, 2.24) is 4.57 Å². The molecule has 1 aliphatic carbocycles. The molecule has 0 atom stereocenters. The van der Waals surface area contributed by atoms with Gasteiger partial charge in [-0.1, -0.05) is 181 Å². The molecule has 0 spiro atoms. The van der Waals surface area contributed by atoms with E-state index in [1.54, 1.807) is 0 Å². The van der Waals surface area contributed by atoms with Crippen molar-refractivity contribution in [2.75, 3.05) is 9.80 Å². The minimum absolute atomic E-state index is 0. The van der Waals surface area contributed by atoms with Crippen molar-refractivity contribution >= 4 is 79.0 Å². The third-order valence-electron chi connectivity index (χ3n) is 17.0. The van der Waals surface area contributed by atoms with Crippen LogP contribution in [-0.2, 0) is 41.5 Å². The molecule has 4 heterocycles. The number of hydrogen-bond donors (Lipinski definition) is 3. The Hall–Kier alpha value is -6.94. The van der Waals surface area contributed by atoms with Gasteiger partial charge >= 0.3 is 19.8 Å². The fraction of sp³-hybridized carbons (Fsp3) is 0.304. The summed E-state index contributed by atoms with van der Waals surface area (Å²) in [6.45, 7) is 33.4. The average Bonchev–Trinajstić information content (AvgIpc) is 3.92. The summed E-state index contributed by atoms with van der Waals surface area (Å²) < 4.78 is 8.61. The third kappa shape index (κ3) is 7.68. The zero-order valence-corrected chi connectivity index (χ0v) is 50.4. The van der Waals surface area contributed by atoms with E-state index in [0.29, 0.717) is 16.7 Å². The number of nitrogens with zero attached hydrogens (tertiary/aromatic N) is 3. The maximum absolute atomic E-state index is 12.1. The summed E-state index contributed by atoms with van der Waals surface area (Å²) >= 11 is 0. The van der Waals surface area contributed by atoms with Crippen LogP contribution in [-0.4, -0.2) is 26.6 Å². The number of rotatable bonds is 3. The van der Waals surface area contributed by atoms with Crippen LogP contribution in [0.25, 0.3) is 38.6 Å². The molecule has 3 aliphatic heterocycles. The number of anilines is 6. The maximum atomic E-state index is 12.1. The van der Waals surface area contributed by atoms with Crippen LogP contribution in [0.1, 0.15) is 142 Å². The fourth-order valence-corrected chi connectivity index (χ4v) is 12.5. The molecule has 3 N–H and O–H groups in total. The van der Waals surface area contributed by atoms with E-state index in [1.165, 1.54) is 46.2 Å². The van der Waals surface area contributed by atoms with Crippen LogP contribution in [0.15, 0.2) is 109 Å². The van der Waals surface area contributed by atoms with Crippen LogP contribution in [0.4, 0.5) is 34.1 Å². The number of aromatic hydroxyl groups is 3. The van der Waals surface area contributed by atoms with Gasteiger partial charge in [-0.3, -0.25) is 0 Å². The van der Waals surface area contributed by atoms with Gasteiger partial charge in [0.1, 0.15) is 5.52 Å². The minimum Gasteiger partial charge on any atom is -0.504 e. The van der Waals surface area contributed by atoms with Gasteiger partial charge in [0.15, 0.2) is 24.0 Å². The second kappa shape index (κ2) is 18.1. The van der Waals surface area contributed by atoms with Gasteiger partial charge in [-0.2, -0.15) is 47.5 Å². The number of para-hydroxylation sites is 1. The number of aromatic nitrogens is 1. The molecule has 4 aliphatic rings. The first-order valence-electron chi connectivity index (χ1n) is 27.6. The number of phenols is 3. The van der Waals surface area contributed by atoms with E-state index in [1.807, 2.05) is 12.1 Å². The molecule has 0 unspecified atom stereocenters. The molecule has 0 amide bonds. The molecule has 0 fully saturated rings. The van der Waals surface area contributed by atoms with Gasteiger partial charge < -0.3 is 34.4 Å². The zero-order chi connectivity index (χ0) is 54.7. The topological polar surface area (TPSA) is 81.3 Å². The van der Waals surface area contributed by atoms with Crippen LogP contribution < -0.4 is 30.9 Å². The molecule has 78 heavy (non-hydrogen) atoms. The van der Waals surface area contributed by atoms with E-state index < -0.39 is 17.2 Å². The van der Waals surface area contributed by atoms with Crippen LogP contribution in [0.2, 0.25) is 0 Å². The summed E-state index contributed by atoms with van der Waals surface area (Å²) in [4.78, 5) is 4.92. The average molecular weight is 1210 g/mol. The van der Waals surface area contributed by atoms with Crippen LogP contribution in [0.3, 0.4) is 0 Å². The number of phenolic OH excluding ortho intramolecular Hbond substituents is 3. The van der Waals surface area contributed by atoms with Gasteiger partial charge in [0.05, 0.1) is 16.6 Å². The molecule has 9 heteroatoms. The summed E-state index contributed by atoms with van der Waals surface area (Å²) in [5, 5.41) is 36.4. The van der Waals surface area contributed by atoms with Crippen molar-refractivity contribution in [2.24, 2.45) is 0 Å². The van der Waals surface area contributed by atoms with Crippen molar-refractivity contribution in [3.63, 3.8) is 0 Å². The van der Waals surface area contributed by atoms with Crippen molar-refractivity contribution < 1.29 is 39.8 Å². The number of benzene rings is 8. The van der Waals surface area contributed by atoms with E-state index in [2.05, 4.69) is 227 Å². The van der Waals surface area contributed by atoms with Gasteiger partial charge in [-0.25, -0.2) is 0 Å². The molecule has 0 saturated carbocycles. The quantitative estimate of drug-likeness (QED) is 0.0929. The summed E-state index contributed by atoms with van der Waals surface area (Å²) in [5.74, 6) is -0.876. The summed E-state index contributed by atoms with van der Waals surface area (Å²) in [6, 6.07) is 48.0. The maximum Gasteiger partial charge on any atom is 2.00 e. The first kappa shape index (κ1) is 53.1. The van der Waals surface area contributed by atoms with E-state index in [4.69, 9.17) is 4.74 Å². The summed E-state index contributed by atoms with van der Waals surface area (Å²) in [5.41, 5.74) is 21.5. The summed E-state index contributed by atoms with van der Waals surface area (Å²) in [6.07, 6.45) is 2.64. The van der Waals surface area contributed by atoms with E-state index in [-0.39, 0.29) is 53.9 Å². The first-order valence-corrected chi connectivity index (χ1v) is 27.6. The number of hydrogen-bond acceptors (Lipinski definition) is 6. The second-order valence-electron chi connectivity index (χ2n) is 25.7. The Balaban J connectivity index is 0.00000125. The standard InChI is InChI=1S/C65H60BN3O4.C4H10.Os/c1-34-17-16-20-53-56(34)69-48-33-50-46(32-42(48)54-57(69)61(73-53)60(72)59(71)58(54)70)66-45-25-21-37(63(6,7)8)28-49(45)68(47-26-22-36(27-35(47)2)62(3,4)5)52-30-38(64(9,10)11)29-51(55(52)66)67(50)39-23-24-41-40-18-14-15-19-43(40)65(12,13)44(41)31-39;1-3-4-2;/h14-25,27,29-33,70-72H,1-13H3;3-4H2,1-2H3;/q-2;;+2. The Morgan fingerprint density at radius 2 is 1.29 bits per heavy atom. The normalized spacial score (nSPS) is 14.4. The first-order chi connectivity index (χ1) is 36.4. The van der Waals surface area contributed by atoms with Gasteiger partial charge in [0, 0.05) is 33.6 Å². The predicted molar refractivity (Wildman–Crippen MR) is 321 cm³/mol. The molecule has 0 bridgehead atoms. The number of ether oxygens (including phenoxy) is 1. The van der Waals surface area contributed by atoms with E-state index >= 15 is 0 Å². The third-order valence-corrected chi connectivity index (χ3v) is 17.0. The van der Waals surface area contributed by atoms with Crippen molar-refractivity contribution in [3.8, 4) is 45.6 Å². The second-order valence-corrected chi connectivity index (χ2v) is 25.7. The Morgan fingerprint density at radius 3 is 1.96 bits per heavy atom. The van der Waals surface area contributed by atoms with Crippen molar-refractivity contribution in [1.29, 1.82) is 0 Å². The number of unbranched alkanes of at least 4 members (excludes halogenated alkanes) is 1. The molecule has 8 aromatic carbocycles. The Kier molecular flexibility index (Phi) is 12.3. The van der Waals surface area contributed by atoms with Gasteiger partial charge in [0.2, 0.25) is 11.5 Å². The van der Waals surface area contributed by atoms with Gasteiger partial charge in [-0.05, 0) is 93.0 Å².